The summed E-state index contributed by atoms with van der Waals surface area (Å²) < 4.78 is 11.4. The highest BCUT2D eigenvalue weighted by Crippen LogP contribution is 1.89. The van der Waals surface area contributed by atoms with Gasteiger partial charge in [-0.2, -0.15) is 0 Å². The fraction of sp³-hybridized carbons (Fsp3) is 0.667. The maximum absolute atomic E-state index is 11.4. The summed E-state index contributed by atoms with van der Waals surface area (Å²) in [7, 11) is 0. The Balaban J connectivity index is 2.96. The third-order valence-corrected chi connectivity index (χ3v) is 0.914. The molecule has 0 radical (unpaired) electrons. The van der Waals surface area contributed by atoms with Crippen molar-refractivity contribution in [3.63, 3.8) is 0 Å². The van der Waals surface area contributed by atoms with Crippen LogP contribution in [-0.4, -0.2) is 17.8 Å². The Morgan fingerprint density at radius 1 is 2.00 bits per heavy atom. The van der Waals surface area contributed by atoms with Gasteiger partial charge in [-0.25, -0.2) is 4.39 Å². The predicted molar refractivity (Wildman–Crippen MR) is 24.8 cm³/mol. The molecule has 0 aliphatic heterocycles. The van der Waals surface area contributed by atoms with Gasteiger partial charge in [-0.3, -0.25) is 0 Å². The summed E-state index contributed by atoms with van der Waals surface area (Å²) >= 11 is 2.77. The summed E-state index contributed by atoms with van der Waals surface area (Å²) in [4.78, 5) is 9.33. The molecule has 0 heterocycles. The Hall–Kier alpha value is 0.0800. The van der Waals surface area contributed by atoms with E-state index in [1.807, 2.05) is 0 Å². The molecular weight excluding hydrogens is 151 g/mol. The molecule has 1 atom stereocenters. The Labute approximate surface area is 43.7 Å². The van der Waals surface area contributed by atoms with Gasteiger partial charge in [0.05, 0.1) is 0 Å². The fourth-order valence-corrected chi connectivity index (χ4v) is 0.189. The van der Waals surface area contributed by atoms with Gasteiger partial charge >= 0.3 is 0 Å². The first-order valence-electron chi connectivity index (χ1n) is 1.46. The van der Waals surface area contributed by atoms with Crippen molar-refractivity contribution < 1.29 is 9.18 Å². The number of hydrogen-bond acceptors (Lipinski definition) is 1. The van der Waals surface area contributed by atoms with Crippen molar-refractivity contribution in [3.8, 4) is 0 Å². The van der Waals surface area contributed by atoms with Crippen LogP contribution in [0.3, 0.4) is 0 Å². The average molecular weight is 155 g/mol. The van der Waals surface area contributed by atoms with E-state index in [2.05, 4.69) is 15.9 Å². The van der Waals surface area contributed by atoms with Crippen molar-refractivity contribution in [1.29, 1.82) is 0 Å². The predicted octanol–water partition coefficient (Wildman–Crippen LogP) is 0.918. The van der Waals surface area contributed by atoms with Crippen molar-refractivity contribution in [2.24, 2.45) is 0 Å². The molecular formula is C3H4BrFO. The molecule has 0 aromatic heterocycles. The maximum Gasteiger partial charge on any atom is 0.165 e. The number of carbonyl (C=O) groups excluding carboxylic acids is 1. The van der Waals surface area contributed by atoms with Gasteiger partial charge in [0.15, 0.2) is 12.5 Å². The highest BCUT2D eigenvalue weighted by molar-refractivity contribution is 9.09. The molecule has 1 nitrogen and oxygen atoms in total. The lowest BCUT2D eigenvalue weighted by Gasteiger charge is -1.83. The summed E-state index contributed by atoms with van der Waals surface area (Å²) in [6, 6.07) is 0. The second-order valence-corrected chi connectivity index (χ2v) is 1.45. The van der Waals surface area contributed by atoms with E-state index in [9.17, 15) is 9.18 Å². The molecule has 0 amide bonds. The van der Waals surface area contributed by atoms with Crippen LogP contribution in [0.25, 0.3) is 0 Å². The van der Waals surface area contributed by atoms with E-state index < -0.39 is 6.17 Å². The minimum absolute atomic E-state index is 0.108. The van der Waals surface area contributed by atoms with Crippen LogP contribution in [-0.2, 0) is 4.79 Å². The Morgan fingerprint density at radius 2 is 2.50 bits per heavy atom. The van der Waals surface area contributed by atoms with Crippen LogP contribution in [0.2, 0.25) is 0 Å². The van der Waals surface area contributed by atoms with Crippen LogP contribution in [0.1, 0.15) is 0 Å². The van der Waals surface area contributed by atoms with Crippen molar-refractivity contribution in [1.82, 2.24) is 0 Å². The summed E-state index contributed by atoms with van der Waals surface area (Å²) in [6.07, 6.45) is -1.07. The van der Waals surface area contributed by atoms with Gasteiger partial charge in [0, 0.05) is 5.33 Å². The normalized spacial score (nSPS) is 13.7. The summed E-state index contributed by atoms with van der Waals surface area (Å²) in [5, 5.41) is 0.108. The lowest BCUT2D eigenvalue weighted by molar-refractivity contribution is -0.111. The topological polar surface area (TPSA) is 17.1 Å². The summed E-state index contributed by atoms with van der Waals surface area (Å²) in [5.74, 6) is 0. The standard InChI is InChI=1S/C3H4BrFO/c4-1-3(5)2-6/h2-3H,1H2. The van der Waals surface area contributed by atoms with Gasteiger partial charge in [0.25, 0.3) is 0 Å². The van der Waals surface area contributed by atoms with Crippen molar-refractivity contribution in [3.05, 3.63) is 0 Å². The quantitative estimate of drug-likeness (QED) is 0.428. The van der Waals surface area contributed by atoms with E-state index in [1.165, 1.54) is 0 Å². The van der Waals surface area contributed by atoms with Crippen molar-refractivity contribution in [2.45, 2.75) is 6.17 Å². The Kier molecular flexibility index (Phi) is 3.32. The van der Waals surface area contributed by atoms with Crippen molar-refractivity contribution >= 4 is 22.2 Å². The van der Waals surface area contributed by atoms with Crippen LogP contribution in [0.5, 0.6) is 0 Å². The molecule has 1 unspecified atom stereocenters. The highest BCUT2D eigenvalue weighted by Gasteiger charge is 1.96. The molecule has 0 aromatic carbocycles. The minimum atomic E-state index is -1.33. The molecule has 0 bridgehead atoms. The fourth-order valence-electron chi connectivity index (χ4n) is 0.0364. The second kappa shape index (κ2) is 3.28. The molecule has 0 aromatic rings. The smallest absolute Gasteiger partial charge is 0.165 e. The maximum atomic E-state index is 11.4. The number of alkyl halides is 2. The molecule has 36 valence electrons. The van der Waals surface area contributed by atoms with Crippen LogP contribution in [0.15, 0.2) is 0 Å². The highest BCUT2D eigenvalue weighted by atomic mass is 79.9. The van der Waals surface area contributed by atoms with E-state index in [-0.39, 0.29) is 11.6 Å². The summed E-state index contributed by atoms with van der Waals surface area (Å²) in [5.41, 5.74) is 0. The average Bonchev–Trinajstić information content (AvgIpc) is 1.65. The zero-order chi connectivity index (χ0) is 4.99. The van der Waals surface area contributed by atoms with Crippen LogP contribution in [0, 0.1) is 0 Å². The molecule has 0 rings (SSSR count). The van der Waals surface area contributed by atoms with Crippen LogP contribution in [0.4, 0.5) is 4.39 Å². The van der Waals surface area contributed by atoms with Gasteiger partial charge in [0.1, 0.15) is 0 Å². The molecule has 0 aliphatic carbocycles. The van der Waals surface area contributed by atoms with E-state index in [1.54, 1.807) is 0 Å². The van der Waals surface area contributed by atoms with Crippen LogP contribution >= 0.6 is 15.9 Å². The second-order valence-electron chi connectivity index (χ2n) is 0.806. The molecule has 0 saturated heterocycles. The van der Waals surface area contributed by atoms with Gasteiger partial charge in [-0.1, -0.05) is 15.9 Å². The molecule has 0 aliphatic rings. The number of hydrogen-bond donors (Lipinski definition) is 0. The first kappa shape index (κ1) is 6.08. The molecule has 0 saturated carbocycles. The number of halogens is 2. The zero-order valence-corrected chi connectivity index (χ0v) is 4.61. The lowest BCUT2D eigenvalue weighted by Crippen LogP contribution is -2.00. The lowest BCUT2D eigenvalue weighted by atomic mass is 10.5. The first-order valence-corrected chi connectivity index (χ1v) is 2.58. The molecule has 6 heavy (non-hydrogen) atoms. The largest absolute Gasteiger partial charge is 0.300 e. The third kappa shape index (κ3) is 2.33. The van der Waals surface area contributed by atoms with E-state index in [0.29, 0.717) is 0 Å². The molecule has 0 N–H and O–H groups in total. The monoisotopic (exact) mass is 154 g/mol. The van der Waals surface area contributed by atoms with Gasteiger partial charge in [-0.15, -0.1) is 0 Å². The Morgan fingerprint density at radius 3 is 2.50 bits per heavy atom. The van der Waals surface area contributed by atoms with E-state index >= 15 is 0 Å². The van der Waals surface area contributed by atoms with Crippen LogP contribution < -0.4 is 0 Å². The van der Waals surface area contributed by atoms with E-state index in [4.69, 9.17) is 0 Å². The number of rotatable bonds is 2. The molecule has 0 spiro atoms. The van der Waals surface area contributed by atoms with Gasteiger partial charge in [-0.05, 0) is 0 Å². The van der Waals surface area contributed by atoms with Gasteiger partial charge in [0.2, 0.25) is 0 Å². The first-order chi connectivity index (χ1) is 2.81. The zero-order valence-electron chi connectivity index (χ0n) is 3.03. The van der Waals surface area contributed by atoms with Crippen molar-refractivity contribution in [2.75, 3.05) is 5.33 Å². The summed E-state index contributed by atoms with van der Waals surface area (Å²) in [6.45, 7) is 0. The number of carbonyl (C=O) groups is 1. The minimum Gasteiger partial charge on any atom is -0.300 e. The Bertz CT molecular complexity index is 48.1. The third-order valence-electron chi connectivity index (χ3n) is 0.295. The SMILES string of the molecule is O=CC(F)CBr. The molecule has 3 heteroatoms. The van der Waals surface area contributed by atoms with E-state index in [0.717, 1.165) is 0 Å². The molecule has 0 fully saturated rings. The number of aldehydes is 1. The van der Waals surface area contributed by atoms with Gasteiger partial charge < -0.3 is 4.79 Å².